The van der Waals surface area contributed by atoms with Gasteiger partial charge in [0.25, 0.3) is 5.89 Å². The van der Waals surface area contributed by atoms with Crippen molar-refractivity contribution < 1.29 is 4.52 Å². The van der Waals surface area contributed by atoms with Crippen LogP contribution in [-0.4, -0.2) is 20.3 Å². The summed E-state index contributed by atoms with van der Waals surface area (Å²) in [6, 6.07) is 8.44. The lowest BCUT2D eigenvalue weighted by atomic mass is 10.1. The topological polar surface area (TPSA) is 93.6 Å². The Kier molecular flexibility index (Phi) is 2.35. The maximum Gasteiger partial charge on any atom is 0.263 e. The van der Waals surface area contributed by atoms with Gasteiger partial charge in [-0.15, -0.1) is 0 Å². The van der Waals surface area contributed by atoms with Gasteiger partial charge in [0, 0.05) is 5.92 Å². The first-order chi connectivity index (χ1) is 9.81. The zero-order valence-electron chi connectivity index (χ0n) is 10.7. The molecular formula is C14H13N5O. The molecule has 6 nitrogen and oxygen atoms in total. The van der Waals surface area contributed by atoms with E-state index in [0.29, 0.717) is 17.3 Å². The zero-order valence-corrected chi connectivity index (χ0v) is 10.7. The van der Waals surface area contributed by atoms with Crippen molar-refractivity contribution in [2.24, 2.45) is 0 Å². The number of nitrogens with zero attached hydrogens (tertiary/aromatic N) is 3. The Hall–Kier alpha value is -2.63. The van der Waals surface area contributed by atoms with E-state index in [1.54, 1.807) is 6.20 Å². The van der Waals surface area contributed by atoms with Crippen LogP contribution in [0.2, 0.25) is 0 Å². The molecule has 0 unspecified atom stereocenters. The van der Waals surface area contributed by atoms with Gasteiger partial charge in [0.1, 0.15) is 11.4 Å². The summed E-state index contributed by atoms with van der Waals surface area (Å²) in [6.45, 7) is 0. The standard InChI is InChI=1S/C14H13N5O/c15-12-11(7-16-18-12)14-17-13(19-20-14)10-5-8-3-1-2-4-9(8)6-10/h1-4,7,10H,5-6H2,(H3,15,16,18). The summed E-state index contributed by atoms with van der Waals surface area (Å²) in [6.07, 6.45) is 3.50. The molecule has 1 aliphatic rings. The minimum atomic E-state index is 0.276. The molecule has 0 aliphatic heterocycles. The number of aromatic amines is 1. The molecule has 3 N–H and O–H groups in total. The fourth-order valence-corrected chi connectivity index (χ4v) is 2.72. The Morgan fingerprint density at radius 1 is 1.20 bits per heavy atom. The van der Waals surface area contributed by atoms with E-state index < -0.39 is 0 Å². The summed E-state index contributed by atoms with van der Waals surface area (Å²) < 4.78 is 5.30. The third-order valence-corrected chi connectivity index (χ3v) is 3.76. The second-order valence-corrected chi connectivity index (χ2v) is 5.03. The Bertz CT molecular complexity index is 735. The smallest absolute Gasteiger partial charge is 0.263 e. The van der Waals surface area contributed by atoms with Crippen molar-refractivity contribution in [1.82, 2.24) is 20.3 Å². The lowest BCUT2D eigenvalue weighted by molar-refractivity contribution is 0.416. The normalized spacial score (nSPS) is 14.6. The van der Waals surface area contributed by atoms with Crippen LogP contribution in [-0.2, 0) is 12.8 Å². The zero-order chi connectivity index (χ0) is 13.5. The lowest BCUT2D eigenvalue weighted by Gasteiger charge is -2.00. The van der Waals surface area contributed by atoms with Gasteiger partial charge in [-0.1, -0.05) is 29.4 Å². The van der Waals surface area contributed by atoms with E-state index in [1.807, 2.05) is 0 Å². The van der Waals surface area contributed by atoms with Crippen LogP contribution in [0.5, 0.6) is 0 Å². The molecule has 20 heavy (non-hydrogen) atoms. The summed E-state index contributed by atoms with van der Waals surface area (Å²) in [5.41, 5.74) is 9.15. The molecule has 1 aliphatic carbocycles. The largest absolute Gasteiger partial charge is 0.383 e. The van der Waals surface area contributed by atoms with Crippen LogP contribution >= 0.6 is 0 Å². The first kappa shape index (κ1) is 11.2. The third-order valence-electron chi connectivity index (χ3n) is 3.76. The minimum Gasteiger partial charge on any atom is -0.383 e. The maximum absolute atomic E-state index is 5.76. The van der Waals surface area contributed by atoms with Crippen molar-refractivity contribution in [1.29, 1.82) is 0 Å². The van der Waals surface area contributed by atoms with Gasteiger partial charge < -0.3 is 10.3 Å². The van der Waals surface area contributed by atoms with Gasteiger partial charge in [0.05, 0.1) is 6.20 Å². The molecule has 3 aromatic rings. The molecule has 6 heteroatoms. The first-order valence-corrected chi connectivity index (χ1v) is 6.51. The van der Waals surface area contributed by atoms with Gasteiger partial charge >= 0.3 is 0 Å². The highest BCUT2D eigenvalue weighted by atomic mass is 16.5. The van der Waals surface area contributed by atoms with Gasteiger partial charge in [-0.25, -0.2) is 0 Å². The number of benzene rings is 1. The maximum atomic E-state index is 5.76. The Balaban J connectivity index is 1.63. The molecule has 0 fully saturated rings. The predicted molar refractivity (Wildman–Crippen MR) is 72.9 cm³/mol. The number of H-pyrrole nitrogens is 1. The summed E-state index contributed by atoms with van der Waals surface area (Å²) in [7, 11) is 0. The highest BCUT2D eigenvalue weighted by Crippen LogP contribution is 2.33. The van der Waals surface area contributed by atoms with Crippen LogP contribution in [0.25, 0.3) is 11.5 Å². The molecule has 1 aromatic carbocycles. The fourth-order valence-electron chi connectivity index (χ4n) is 2.72. The van der Waals surface area contributed by atoms with E-state index in [2.05, 4.69) is 44.6 Å². The minimum absolute atomic E-state index is 0.276. The van der Waals surface area contributed by atoms with Crippen molar-refractivity contribution >= 4 is 5.82 Å². The second-order valence-electron chi connectivity index (χ2n) is 5.03. The molecule has 2 aromatic heterocycles. The van der Waals surface area contributed by atoms with Crippen molar-refractivity contribution in [3.05, 3.63) is 47.4 Å². The van der Waals surface area contributed by atoms with Crippen LogP contribution in [0, 0.1) is 0 Å². The van der Waals surface area contributed by atoms with Crippen molar-refractivity contribution in [2.45, 2.75) is 18.8 Å². The van der Waals surface area contributed by atoms with E-state index in [-0.39, 0.29) is 5.92 Å². The summed E-state index contributed by atoms with van der Waals surface area (Å²) in [4.78, 5) is 4.46. The lowest BCUT2D eigenvalue weighted by Crippen LogP contribution is -2.00. The van der Waals surface area contributed by atoms with E-state index >= 15 is 0 Å². The van der Waals surface area contributed by atoms with Crippen molar-refractivity contribution in [2.75, 3.05) is 5.73 Å². The molecule has 4 rings (SSSR count). The molecule has 0 atom stereocenters. The molecule has 100 valence electrons. The van der Waals surface area contributed by atoms with E-state index in [4.69, 9.17) is 10.3 Å². The quantitative estimate of drug-likeness (QED) is 0.739. The first-order valence-electron chi connectivity index (χ1n) is 6.51. The Morgan fingerprint density at radius 2 is 1.95 bits per heavy atom. The van der Waals surface area contributed by atoms with Crippen LogP contribution in [0.15, 0.2) is 35.0 Å². The number of anilines is 1. The monoisotopic (exact) mass is 267 g/mol. The summed E-state index contributed by atoms with van der Waals surface area (Å²) >= 11 is 0. The molecule has 0 radical (unpaired) electrons. The number of aromatic nitrogens is 4. The Morgan fingerprint density at radius 3 is 2.60 bits per heavy atom. The predicted octanol–water partition coefficient (Wildman–Crippen LogP) is 1.92. The average Bonchev–Trinajstić information content (AvgIpc) is 3.15. The molecule has 0 saturated heterocycles. The molecular weight excluding hydrogens is 254 g/mol. The second kappa shape index (κ2) is 4.19. The number of hydrogen-bond acceptors (Lipinski definition) is 5. The van der Waals surface area contributed by atoms with Gasteiger partial charge in [0.2, 0.25) is 0 Å². The third kappa shape index (κ3) is 1.69. The SMILES string of the molecule is Nc1[nH]ncc1-c1nc(C2Cc3ccccc3C2)no1. The van der Waals surface area contributed by atoms with E-state index in [9.17, 15) is 0 Å². The average molecular weight is 267 g/mol. The molecule has 2 heterocycles. The van der Waals surface area contributed by atoms with Crippen molar-refractivity contribution in [3.8, 4) is 11.5 Å². The molecule has 0 saturated carbocycles. The van der Waals surface area contributed by atoms with Crippen molar-refractivity contribution in [3.63, 3.8) is 0 Å². The van der Waals surface area contributed by atoms with Gasteiger partial charge in [-0.3, -0.25) is 5.10 Å². The van der Waals surface area contributed by atoms with E-state index in [1.165, 1.54) is 11.1 Å². The summed E-state index contributed by atoms with van der Waals surface area (Å²) in [5.74, 6) is 1.87. The Labute approximate surface area is 115 Å². The fraction of sp³-hybridized carbons (Fsp3) is 0.214. The number of fused-ring (bicyclic) bond motifs is 1. The number of nitrogen functional groups attached to an aromatic ring is 1. The number of nitrogens with two attached hydrogens (primary N) is 1. The molecule has 0 bridgehead atoms. The molecule has 0 amide bonds. The number of hydrogen-bond donors (Lipinski definition) is 2. The summed E-state index contributed by atoms with van der Waals surface area (Å²) in [5, 5.41) is 10.6. The van der Waals surface area contributed by atoms with E-state index in [0.717, 1.165) is 18.7 Å². The van der Waals surface area contributed by atoms with Gasteiger partial charge in [-0.2, -0.15) is 10.1 Å². The van der Waals surface area contributed by atoms with Crippen LogP contribution in [0.3, 0.4) is 0 Å². The molecule has 0 spiro atoms. The van der Waals surface area contributed by atoms with Gasteiger partial charge in [-0.05, 0) is 24.0 Å². The van der Waals surface area contributed by atoms with Crippen LogP contribution < -0.4 is 5.73 Å². The highest BCUT2D eigenvalue weighted by molar-refractivity contribution is 5.65. The number of nitrogens with one attached hydrogen (secondary N) is 1. The van der Waals surface area contributed by atoms with Gasteiger partial charge in [0.15, 0.2) is 5.82 Å². The van der Waals surface area contributed by atoms with Crippen LogP contribution in [0.4, 0.5) is 5.82 Å². The van der Waals surface area contributed by atoms with Crippen LogP contribution in [0.1, 0.15) is 22.9 Å². The number of rotatable bonds is 2. The highest BCUT2D eigenvalue weighted by Gasteiger charge is 2.27.